The molecule has 0 saturated carbocycles. The van der Waals surface area contributed by atoms with Crippen LogP contribution >= 0.6 is 0 Å². The van der Waals surface area contributed by atoms with Crippen molar-refractivity contribution in [3.8, 4) is 0 Å². The summed E-state index contributed by atoms with van der Waals surface area (Å²) >= 11 is 0. The summed E-state index contributed by atoms with van der Waals surface area (Å²) < 4.78 is 13.3. The number of carbonyl (C=O) groups excluding carboxylic acids is 1. The smallest absolute Gasteiger partial charge is 0.254 e. The molecule has 7 heteroatoms. The molecule has 0 atom stereocenters. The molecule has 0 bridgehead atoms. The number of nitrogens with zero attached hydrogens (tertiary/aromatic N) is 4. The first-order valence-corrected chi connectivity index (χ1v) is 8.05. The van der Waals surface area contributed by atoms with E-state index in [4.69, 9.17) is 0 Å². The van der Waals surface area contributed by atoms with Gasteiger partial charge in [-0.15, -0.1) is 10.2 Å². The molecule has 0 spiro atoms. The fourth-order valence-electron chi connectivity index (χ4n) is 2.71. The molecule has 6 nitrogen and oxygen atoms in total. The Morgan fingerprint density at radius 1 is 1.17 bits per heavy atom. The van der Waals surface area contributed by atoms with Gasteiger partial charge in [-0.25, -0.2) is 4.39 Å². The summed E-state index contributed by atoms with van der Waals surface area (Å²) in [7, 11) is 0. The van der Waals surface area contributed by atoms with Crippen LogP contribution in [0, 0.1) is 5.82 Å². The second-order valence-electron chi connectivity index (χ2n) is 5.60. The number of carbonyl (C=O) groups is 1. The van der Waals surface area contributed by atoms with Gasteiger partial charge in [0.25, 0.3) is 5.91 Å². The van der Waals surface area contributed by atoms with E-state index in [9.17, 15) is 9.18 Å². The number of nitrogens with one attached hydrogen (secondary N) is 1. The average molecular weight is 329 g/mol. The highest BCUT2D eigenvalue weighted by Gasteiger charge is 2.23. The number of hydrogen-bond acceptors (Lipinski definition) is 5. The second-order valence-corrected chi connectivity index (χ2v) is 5.60. The molecule has 1 aliphatic heterocycles. The van der Waals surface area contributed by atoms with Crippen molar-refractivity contribution >= 4 is 17.5 Å². The quantitative estimate of drug-likeness (QED) is 0.930. The lowest BCUT2D eigenvalue weighted by Gasteiger charge is -2.35. The monoisotopic (exact) mass is 329 g/mol. The maximum atomic E-state index is 13.3. The van der Waals surface area contributed by atoms with Crippen molar-refractivity contribution in [1.82, 2.24) is 15.1 Å². The summed E-state index contributed by atoms with van der Waals surface area (Å²) in [6.45, 7) is 5.31. The first-order valence-electron chi connectivity index (χ1n) is 8.05. The minimum Gasteiger partial charge on any atom is -0.369 e. The van der Waals surface area contributed by atoms with Gasteiger partial charge in [-0.3, -0.25) is 4.79 Å². The Bertz CT molecular complexity index is 698. The molecule has 1 fully saturated rings. The van der Waals surface area contributed by atoms with Crippen LogP contribution < -0.4 is 10.2 Å². The maximum Gasteiger partial charge on any atom is 0.254 e. The van der Waals surface area contributed by atoms with Crippen LogP contribution in [0.4, 0.5) is 16.0 Å². The molecule has 1 N–H and O–H groups in total. The molecule has 1 aromatic carbocycles. The van der Waals surface area contributed by atoms with E-state index >= 15 is 0 Å². The fraction of sp³-hybridized carbons (Fsp3) is 0.353. The van der Waals surface area contributed by atoms with Gasteiger partial charge < -0.3 is 15.1 Å². The molecular weight excluding hydrogens is 309 g/mol. The number of amides is 1. The molecule has 2 heterocycles. The van der Waals surface area contributed by atoms with Crippen LogP contribution in [0.3, 0.4) is 0 Å². The lowest BCUT2D eigenvalue weighted by atomic mass is 10.1. The van der Waals surface area contributed by atoms with Gasteiger partial charge in [-0.1, -0.05) is 6.07 Å². The SMILES string of the molecule is CCNc1ccc(N2CCN(C(=O)c3cccc(F)c3)CC2)nn1. The summed E-state index contributed by atoms with van der Waals surface area (Å²) in [5.41, 5.74) is 0.387. The minimum absolute atomic E-state index is 0.136. The lowest BCUT2D eigenvalue weighted by molar-refractivity contribution is 0.0746. The van der Waals surface area contributed by atoms with E-state index in [2.05, 4.69) is 20.4 Å². The summed E-state index contributed by atoms with van der Waals surface area (Å²) in [6, 6.07) is 9.64. The number of aromatic nitrogens is 2. The number of benzene rings is 1. The largest absolute Gasteiger partial charge is 0.369 e. The van der Waals surface area contributed by atoms with Gasteiger partial charge in [0.05, 0.1) is 0 Å². The topological polar surface area (TPSA) is 61.4 Å². The third-order valence-corrected chi connectivity index (χ3v) is 3.97. The first-order chi connectivity index (χ1) is 11.7. The van der Waals surface area contributed by atoms with E-state index < -0.39 is 5.82 Å². The van der Waals surface area contributed by atoms with E-state index in [0.717, 1.165) is 18.2 Å². The highest BCUT2D eigenvalue weighted by atomic mass is 19.1. The lowest BCUT2D eigenvalue weighted by Crippen LogP contribution is -2.49. The van der Waals surface area contributed by atoms with Crippen molar-refractivity contribution < 1.29 is 9.18 Å². The van der Waals surface area contributed by atoms with Gasteiger partial charge in [0, 0.05) is 38.3 Å². The summed E-state index contributed by atoms with van der Waals surface area (Å²) in [6.07, 6.45) is 0. The highest BCUT2D eigenvalue weighted by Crippen LogP contribution is 2.16. The Balaban J connectivity index is 1.60. The summed E-state index contributed by atoms with van der Waals surface area (Å²) in [5, 5.41) is 11.5. The molecule has 1 saturated heterocycles. The van der Waals surface area contributed by atoms with Crippen molar-refractivity contribution in [2.45, 2.75) is 6.92 Å². The normalized spacial score (nSPS) is 14.6. The van der Waals surface area contributed by atoms with Crippen molar-refractivity contribution in [1.29, 1.82) is 0 Å². The molecular formula is C17H20FN5O. The van der Waals surface area contributed by atoms with E-state index in [-0.39, 0.29) is 5.91 Å². The van der Waals surface area contributed by atoms with E-state index in [0.29, 0.717) is 31.7 Å². The third-order valence-electron chi connectivity index (χ3n) is 3.97. The molecule has 1 amide bonds. The second kappa shape index (κ2) is 7.25. The fourth-order valence-corrected chi connectivity index (χ4v) is 2.71. The van der Waals surface area contributed by atoms with Crippen LogP contribution in [0.25, 0.3) is 0 Å². The Morgan fingerprint density at radius 3 is 2.58 bits per heavy atom. The van der Waals surface area contributed by atoms with Crippen LogP contribution in [0.15, 0.2) is 36.4 Å². The highest BCUT2D eigenvalue weighted by molar-refractivity contribution is 5.94. The molecule has 3 rings (SSSR count). The molecule has 2 aromatic rings. The molecule has 24 heavy (non-hydrogen) atoms. The summed E-state index contributed by atoms with van der Waals surface area (Å²) in [4.78, 5) is 16.3. The summed E-state index contributed by atoms with van der Waals surface area (Å²) in [5.74, 6) is 1.02. The number of hydrogen-bond donors (Lipinski definition) is 1. The number of anilines is 2. The van der Waals surface area contributed by atoms with Crippen LogP contribution in [-0.4, -0.2) is 53.7 Å². The van der Waals surface area contributed by atoms with Gasteiger partial charge in [0.15, 0.2) is 5.82 Å². The standard InChI is InChI=1S/C17H20FN5O/c1-2-19-15-6-7-16(21-20-15)22-8-10-23(11-9-22)17(24)13-4-3-5-14(18)12-13/h3-7,12H,2,8-11H2,1H3,(H,19,20). The van der Waals surface area contributed by atoms with E-state index in [1.54, 1.807) is 17.0 Å². The van der Waals surface area contributed by atoms with Crippen LogP contribution in [-0.2, 0) is 0 Å². The first kappa shape index (κ1) is 16.2. The average Bonchev–Trinajstić information content (AvgIpc) is 2.62. The zero-order valence-corrected chi connectivity index (χ0v) is 13.6. The Kier molecular flexibility index (Phi) is 4.88. The minimum atomic E-state index is -0.393. The Hall–Kier alpha value is -2.70. The van der Waals surface area contributed by atoms with Gasteiger partial charge >= 0.3 is 0 Å². The molecule has 1 aliphatic rings. The van der Waals surface area contributed by atoms with Gasteiger partial charge in [0.2, 0.25) is 0 Å². The molecule has 1 aromatic heterocycles. The third kappa shape index (κ3) is 3.61. The molecule has 0 unspecified atom stereocenters. The van der Waals surface area contributed by atoms with Gasteiger partial charge in [-0.2, -0.15) is 0 Å². The zero-order chi connectivity index (χ0) is 16.9. The number of halogens is 1. The van der Waals surface area contributed by atoms with Crippen LogP contribution in [0.1, 0.15) is 17.3 Å². The molecule has 0 radical (unpaired) electrons. The predicted octanol–water partition coefficient (Wildman–Crippen LogP) is 2.01. The maximum absolute atomic E-state index is 13.3. The van der Waals surface area contributed by atoms with Crippen molar-refractivity contribution in [2.75, 3.05) is 42.9 Å². The number of rotatable bonds is 4. The van der Waals surface area contributed by atoms with Gasteiger partial charge in [-0.05, 0) is 37.3 Å². The van der Waals surface area contributed by atoms with Gasteiger partial charge in [0.1, 0.15) is 11.6 Å². The van der Waals surface area contributed by atoms with Crippen molar-refractivity contribution in [2.24, 2.45) is 0 Å². The van der Waals surface area contributed by atoms with Crippen LogP contribution in [0.5, 0.6) is 0 Å². The van der Waals surface area contributed by atoms with Crippen molar-refractivity contribution in [3.63, 3.8) is 0 Å². The van der Waals surface area contributed by atoms with E-state index in [1.165, 1.54) is 12.1 Å². The molecule has 126 valence electrons. The van der Waals surface area contributed by atoms with Crippen LogP contribution in [0.2, 0.25) is 0 Å². The molecule has 0 aliphatic carbocycles. The zero-order valence-electron chi connectivity index (χ0n) is 13.6. The Morgan fingerprint density at radius 2 is 1.96 bits per heavy atom. The van der Waals surface area contributed by atoms with E-state index in [1.807, 2.05) is 19.1 Å². The Labute approximate surface area is 140 Å². The van der Waals surface area contributed by atoms with Crippen molar-refractivity contribution in [3.05, 3.63) is 47.8 Å². The predicted molar refractivity (Wildman–Crippen MR) is 90.7 cm³/mol. The number of piperazine rings is 1.